The molecule has 0 radical (unpaired) electrons. The second kappa shape index (κ2) is 7.49. The van der Waals surface area contributed by atoms with Crippen LogP contribution in [0.15, 0.2) is 54.9 Å². The molecule has 0 amide bonds. The van der Waals surface area contributed by atoms with E-state index in [-0.39, 0.29) is 29.4 Å². The molecule has 128 valence electrons. The number of rotatable bonds is 5. The summed E-state index contributed by atoms with van der Waals surface area (Å²) in [5.74, 6) is -1.42. The second-order valence-electron chi connectivity index (χ2n) is 5.41. The number of nitrogens with zero attached hydrogens (tertiary/aromatic N) is 3. The minimum Gasteiger partial charge on any atom is -0.350 e. The van der Waals surface area contributed by atoms with Gasteiger partial charge in [-0.05, 0) is 18.2 Å². The highest BCUT2D eigenvalue weighted by molar-refractivity contribution is 6.08. The third-order valence-electron chi connectivity index (χ3n) is 3.62. The highest BCUT2D eigenvalue weighted by Crippen LogP contribution is 2.13. The molecule has 0 aliphatic carbocycles. The van der Waals surface area contributed by atoms with Crippen molar-refractivity contribution in [2.24, 2.45) is 0 Å². The van der Waals surface area contributed by atoms with E-state index < -0.39 is 11.6 Å². The summed E-state index contributed by atoms with van der Waals surface area (Å²) in [6.45, 7) is 0.0730. The molecule has 0 aliphatic rings. The van der Waals surface area contributed by atoms with E-state index in [0.717, 1.165) is 12.1 Å². The molecule has 1 heterocycles. The summed E-state index contributed by atoms with van der Waals surface area (Å²) >= 11 is 0. The second-order valence-corrected chi connectivity index (χ2v) is 5.41. The summed E-state index contributed by atoms with van der Waals surface area (Å²) in [5, 5.41) is 11.7. The molecule has 3 aromatic rings. The molecule has 0 unspecified atom stereocenters. The zero-order valence-electron chi connectivity index (χ0n) is 13.4. The van der Waals surface area contributed by atoms with Crippen LogP contribution >= 0.6 is 0 Å². The van der Waals surface area contributed by atoms with Crippen molar-refractivity contribution in [3.05, 3.63) is 88.7 Å². The van der Waals surface area contributed by atoms with Crippen LogP contribution < -0.4 is 5.32 Å². The van der Waals surface area contributed by atoms with Gasteiger partial charge in [-0.15, -0.1) is 0 Å². The quantitative estimate of drug-likeness (QED) is 0.713. The Kier molecular flexibility index (Phi) is 4.94. The van der Waals surface area contributed by atoms with Gasteiger partial charge < -0.3 is 5.32 Å². The molecular formula is C19H12F2N4O. The summed E-state index contributed by atoms with van der Waals surface area (Å²) in [4.78, 5) is 20.4. The zero-order valence-corrected chi connectivity index (χ0v) is 13.4. The van der Waals surface area contributed by atoms with E-state index in [1.54, 1.807) is 18.2 Å². The molecule has 1 aromatic heterocycles. The summed E-state index contributed by atoms with van der Waals surface area (Å²) < 4.78 is 26.5. The molecule has 0 fully saturated rings. The molecule has 0 spiro atoms. The highest BCUT2D eigenvalue weighted by atomic mass is 19.1. The number of nitriles is 1. The van der Waals surface area contributed by atoms with Crippen LogP contribution in [0.3, 0.4) is 0 Å². The van der Waals surface area contributed by atoms with Gasteiger partial charge in [0.2, 0.25) is 5.95 Å². The number of halogens is 2. The third kappa shape index (κ3) is 3.87. The Morgan fingerprint density at radius 1 is 1.08 bits per heavy atom. The lowest BCUT2D eigenvalue weighted by molar-refractivity contribution is 0.103. The number of carbonyl (C=O) groups is 1. The molecule has 0 bridgehead atoms. The SMILES string of the molecule is N#Cc1cccc(C(=O)c2cnc(NCc3ccc(F)cc3F)nc2)c1. The fourth-order valence-corrected chi connectivity index (χ4v) is 2.27. The van der Waals surface area contributed by atoms with Gasteiger partial charge in [-0.25, -0.2) is 18.7 Å². The smallest absolute Gasteiger partial charge is 0.222 e. The standard InChI is InChI=1S/C19H12F2N4O/c20-16-5-4-14(17(21)7-16)9-23-19-24-10-15(11-25-19)18(26)13-3-1-2-12(6-13)8-22/h1-7,10-11H,9H2,(H,23,24,25). The number of carbonyl (C=O) groups excluding carboxylic acids is 1. The number of anilines is 1. The Balaban J connectivity index is 1.70. The van der Waals surface area contributed by atoms with E-state index in [1.165, 1.54) is 24.5 Å². The van der Waals surface area contributed by atoms with Crippen LogP contribution in [0.1, 0.15) is 27.0 Å². The number of benzene rings is 2. The van der Waals surface area contributed by atoms with Gasteiger partial charge in [-0.3, -0.25) is 4.79 Å². The van der Waals surface area contributed by atoms with E-state index in [2.05, 4.69) is 15.3 Å². The Hall–Kier alpha value is -3.66. The average molecular weight is 350 g/mol. The van der Waals surface area contributed by atoms with Crippen molar-refractivity contribution < 1.29 is 13.6 Å². The number of hydrogen-bond acceptors (Lipinski definition) is 5. The Bertz CT molecular complexity index is 997. The summed E-state index contributed by atoms with van der Waals surface area (Å²) in [7, 11) is 0. The predicted octanol–water partition coefficient (Wildman–Crippen LogP) is 3.47. The molecular weight excluding hydrogens is 338 g/mol. The van der Waals surface area contributed by atoms with Crippen LogP contribution in [-0.2, 0) is 6.54 Å². The van der Waals surface area contributed by atoms with Crippen molar-refractivity contribution >= 4 is 11.7 Å². The highest BCUT2D eigenvalue weighted by Gasteiger charge is 2.11. The first kappa shape index (κ1) is 17.2. The maximum atomic E-state index is 13.6. The monoisotopic (exact) mass is 350 g/mol. The third-order valence-corrected chi connectivity index (χ3v) is 3.62. The minimum atomic E-state index is -0.665. The molecule has 0 saturated heterocycles. The fourth-order valence-electron chi connectivity index (χ4n) is 2.27. The Morgan fingerprint density at radius 2 is 1.85 bits per heavy atom. The Labute approximate surface area is 148 Å². The number of hydrogen-bond donors (Lipinski definition) is 1. The van der Waals surface area contributed by atoms with Gasteiger partial charge in [0.1, 0.15) is 11.6 Å². The minimum absolute atomic E-state index is 0.0730. The molecule has 1 N–H and O–H groups in total. The van der Waals surface area contributed by atoms with Crippen LogP contribution in [0.25, 0.3) is 0 Å². The summed E-state index contributed by atoms with van der Waals surface area (Å²) in [6, 6.07) is 11.6. The lowest BCUT2D eigenvalue weighted by Gasteiger charge is -2.07. The lowest BCUT2D eigenvalue weighted by Crippen LogP contribution is -2.08. The topological polar surface area (TPSA) is 78.7 Å². The first-order chi connectivity index (χ1) is 12.6. The van der Waals surface area contributed by atoms with E-state index in [0.29, 0.717) is 11.1 Å². The van der Waals surface area contributed by atoms with Gasteiger partial charge >= 0.3 is 0 Å². The van der Waals surface area contributed by atoms with Gasteiger partial charge in [0, 0.05) is 36.1 Å². The van der Waals surface area contributed by atoms with Crippen molar-refractivity contribution in [3.63, 3.8) is 0 Å². The summed E-state index contributed by atoms with van der Waals surface area (Å²) in [5.41, 5.74) is 1.28. The first-order valence-corrected chi connectivity index (χ1v) is 7.61. The van der Waals surface area contributed by atoms with E-state index in [9.17, 15) is 13.6 Å². The van der Waals surface area contributed by atoms with Crippen LogP contribution in [0.4, 0.5) is 14.7 Å². The maximum absolute atomic E-state index is 13.6. The fraction of sp³-hybridized carbons (Fsp3) is 0.0526. The molecule has 26 heavy (non-hydrogen) atoms. The van der Waals surface area contributed by atoms with Crippen LogP contribution in [0.2, 0.25) is 0 Å². The van der Waals surface area contributed by atoms with Crippen molar-refractivity contribution in [1.82, 2.24) is 9.97 Å². The van der Waals surface area contributed by atoms with Crippen molar-refractivity contribution in [1.29, 1.82) is 5.26 Å². The Morgan fingerprint density at radius 3 is 2.54 bits per heavy atom. The van der Waals surface area contributed by atoms with Gasteiger partial charge in [0.05, 0.1) is 17.2 Å². The normalized spacial score (nSPS) is 10.2. The van der Waals surface area contributed by atoms with E-state index in [1.807, 2.05) is 6.07 Å². The van der Waals surface area contributed by atoms with Gasteiger partial charge in [-0.1, -0.05) is 18.2 Å². The molecule has 3 rings (SSSR count). The van der Waals surface area contributed by atoms with Crippen molar-refractivity contribution in [2.45, 2.75) is 6.54 Å². The van der Waals surface area contributed by atoms with E-state index >= 15 is 0 Å². The van der Waals surface area contributed by atoms with E-state index in [4.69, 9.17) is 5.26 Å². The van der Waals surface area contributed by atoms with Gasteiger partial charge in [0.15, 0.2) is 5.78 Å². The van der Waals surface area contributed by atoms with Crippen LogP contribution in [0.5, 0.6) is 0 Å². The molecule has 5 nitrogen and oxygen atoms in total. The molecule has 0 aliphatic heterocycles. The number of ketones is 1. The van der Waals surface area contributed by atoms with Gasteiger partial charge in [-0.2, -0.15) is 5.26 Å². The molecule has 0 atom stereocenters. The molecule has 7 heteroatoms. The summed E-state index contributed by atoms with van der Waals surface area (Å²) in [6.07, 6.45) is 2.69. The van der Waals surface area contributed by atoms with Crippen molar-refractivity contribution in [3.8, 4) is 6.07 Å². The van der Waals surface area contributed by atoms with Gasteiger partial charge in [0.25, 0.3) is 0 Å². The maximum Gasteiger partial charge on any atom is 0.222 e. The lowest BCUT2D eigenvalue weighted by atomic mass is 10.0. The number of nitrogens with one attached hydrogen (secondary N) is 1. The zero-order chi connectivity index (χ0) is 18.5. The van der Waals surface area contributed by atoms with Crippen LogP contribution in [0, 0.1) is 23.0 Å². The first-order valence-electron chi connectivity index (χ1n) is 7.61. The number of aromatic nitrogens is 2. The average Bonchev–Trinajstić information content (AvgIpc) is 2.67. The predicted molar refractivity (Wildman–Crippen MR) is 90.3 cm³/mol. The molecule has 0 saturated carbocycles. The van der Waals surface area contributed by atoms with Crippen molar-refractivity contribution in [2.75, 3.05) is 5.32 Å². The molecule has 2 aromatic carbocycles. The largest absolute Gasteiger partial charge is 0.350 e. The van der Waals surface area contributed by atoms with Crippen LogP contribution in [-0.4, -0.2) is 15.8 Å².